The zero-order valence-electron chi connectivity index (χ0n) is 11.3. The van der Waals surface area contributed by atoms with Gasteiger partial charge in [-0.15, -0.1) is 12.4 Å². The third-order valence-electron chi connectivity index (χ3n) is 3.37. The van der Waals surface area contributed by atoms with E-state index in [1.165, 1.54) is 4.31 Å². The average Bonchev–Trinajstić information content (AvgIpc) is 2.28. The number of nitrogens with zero attached hydrogens (tertiary/aromatic N) is 1. The molecule has 1 heterocycles. The van der Waals surface area contributed by atoms with Crippen molar-refractivity contribution in [3.63, 3.8) is 0 Å². The van der Waals surface area contributed by atoms with Crippen molar-refractivity contribution in [2.75, 3.05) is 13.1 Å². The van der Waals surface area contributed by atoms with Crippen LogP contribution in [0.3, 0.4) is 0 Å². The maximum Gasteiger partial charge on any atom is 0.243 e. The van der Waals surface area contributed by atoms with Crippen molar-refractivity contribution in [1.82, 2.24) is 4.31 Å². The molecule has 1 aromatic rings. The third-order valence-corrected chi connectivity index (χ3v) is 5.39. The summed E-state index contributed by atoms with van der Waals surface area (Å²) < 4.78 is 26.6. The molecule has 0 amide bonds. The molecule has 0 aromatic heterocycles. The number of sulfonamides is 1. The molecule has 0 saturated carbocycles. The van der Waals surface area contributed by atoms with Gasteiger partial charge in [0, 0.05) is 19.1 Å². The lowest BCUT2D eigenvalue weighted by molar-refractivity contribution is 0.316. The number of aryl methyl sites for hydroxylation is 2. The highest BCUT2D eigenvalue weighted by Gasteiger charge is 2.29. The first-order valence-electron chi connectivity index (χ1n) is 6.24. The van der Waals surface area contributed by atoms with Gasteiger partial charge in [-0.25, -0.2) is 8.42 Å². The number of hydrogen-bond donors (Lipinski definition) is 1. The summed E-state index contributed by atoms with van der Waals surface area (Å²) in [6, 6.07) is 5.39. The fraction of sp³-hybridized carbons (Fsp3) is 0.538. The Kier molecular flexibility index (Phi) is 5.38. The van der Waals surface area contributed by atoms with Gasteiger partial charge in [-0.1, -0.05) is 17.7 Å². The summed E-state index contributed by atoms with van der Waals surface area (Å²) in [6.07, 6.45) is 1.74. The molecule has 1 saturated heterocycles. The number of nitrogens with two attached hydrogens (primary N) is 1. The standard InChI is InChI=1S/C13H20N2O2S.ClH/c1-10-5-6-13(11(2)8-10)18(16,17)15-7-3-4-12(14)9-15;/h5-6,8,12H,3-4,7,9,14H2,1-2H3;1H/t12-;/m1./s1. The summed E-state index contributed by atoms with van der Waals surface area (Å²) in [6.45, 7) is 4.79. The summed E-state index contributed by atoms with van der Waals surface area (Å²) >= 11 is 0. The van der Waals surface area contributed by atoms with Crippen LogP contribution in [-0.2, 0) is 10.0 Å². The second-order valence-electron chi connectivity index (χ2n) is 5.03. The average molecular weight is 305 g/mol. The summed E-state index contributed by atoms with van der Waals surface area (Å²) in [5, 5.41) is 0. The van der Waals surface area contributed by atoms with Gasteiger partial charge in [0.1, 0.15) is 0 Å². The first-order valence-corrected chi connectivity index (χ1v) is 7.68. The number of hydrogen-bond acceptors (Lipinski definition) is 3. The van der Waals surface area contributed by atoms with E-state index in [1.807, 2.05) is 26.0 Å². The van der Waals surface area contributed by atoms with Crippen LogP contribution in [0.2, 0.25) is 0 Å². The predicted molar refractivity (Wildman–Crippen MR) is 79.1 cm³/mol. The van der Waals surface area contributed by atoms with Crippen LogP contribution in [0.4, 0.5) is 0 Å². The zero-order valence-corrected chi connectivity index (χ0v) is 12.9. The van der Waals surface area contributed by atoms with Crippen molar-refractivity contribution >= 4 is 22.4 Å². The molecule has 2 N–H and O–H groups in total. The van der Waals surface area contributed by atoms with Crippen LogP contribution in [-0.4, -0.2) is 31.9 Å². The fourth-order valence-corrected chi connectivity index (χ4v) is 4.16. The number of rotatable bonds is 2. The van der Waals surface area contributed by atoms with Crippen LogP contribution in [0.1, 0.15) is 24.0 Å². The Morgan fingerprint density at radius 3 is 2.58 bits per heavy atom. The molecule has 1 fully saturated rings. The lowest BCUT2D eigenvalue weighted by Crippen LogP contribution is -2.45. The second-order valence-corrected chi connectivity index (χ2v) is 6.94. The molecule has 108 valence electrons. The molecule has 0 bridgehead atoms. The van der Waals surface area contributed by atoms with E-state index in [9.17, 15) is 8.42 Å². The van der Waals surface area contributed by atoms with Gasteiger partial charge in [-0.2, -0.15) is 4.31 Å². The Morgan fingerprint density at radius 1 is 1.32 bits per heavy atom. The van der Waals surface area contributed by atoms with E-state index >= 15 is 0 Å². The molecule has 6 heteroatoms. The zero-order chi connectivity index (χ0) is 13.3. The van der Waals surface area contributed by atoms with Crippen LogP contribution in [0, 0.1) is 13.8 Å². The van der Waals surface area contributed by atoms with Gasteiger partial charge >= 0.3 is 0 Å². The van der Waals surface area contributed by atoms with Crippen LogP contribution >= 0.6 is 12.4 Å². The number of piperidine rings is 1. The van der Waals surface area contributed by atoms with Crippen molar-refractivity contribution in [1.29, 1.82) is 0 Å². The van der Waals surface area contributed by atoms with Crippen molar-refractivity contribution in [2.24, 2.45) is 5.73 Å². The molecule has 1 aromatic carbocycles. The molecule has 4 nitrogen and oxygen atoms in total. The van der Waals surface area contributed by atoms with Crippen molar-refractivity contribution in [2.45, 2.75) is 37.6 Å². The highest BCUT2D eigenvalue weighted by atomic mass is 35.5. The highest BCUT2D eigenvalue weighted by molar-refractivity contribution is 7.89. The number of benzene rings is 1. The molecule has 2 rings (SSSR count). The van der Waals surface area contributed by atoms with Crippen molar-refractivity contribution in [3.8, 4) is 0 Å². The molecule has 0 aliphatic carbocycles. The third kappa shape index (κ3) is 3.48. The van der Waals surface area contributed by atoms with E-state index in [-0.39, 0.29) is 18.4 Å². The quantitative estimate of drug-likeness (QED) is 0.907. The Bertz CT molecular complexity index is 546. The van der Waals surface area contributed by atoms with Crippen LogP contribution in [0.5, 0.6) is 0 Å². The molecule has 1 atom stereocenters. The minimum absolute atomic E-state index is 0. The van der Waals surface area contributed by atoms with Gasteiger partial charge < -0.3 is 5.73 Å². The van der Waals surface area contributed by atoms with E-state index in [4.69, 9.17) is 5.73 Å². The monoisotopic (exact) mass is 304 g/mol. The molecular weight excluding hydrogens is 284 g/mol. The highest BCUT2D eigenvalue weighted by Crippen LogP contribution is 2.23. The molecule has 1 aliphatic rings. The SMILES string of the molecule is Cc1ccc(S(=O)(=O)N2CCC[C@@H](N)C2)c(C)c1.Cl. The van der Waals surface area contributed by atoms with E-state index < -0.39 is 10.0 Å². The van der Waals surface area contributed by atoms with Gasteiger partial charge in [-0.05, 0) is 38.3 Å². The first kappa shape index (κ1) is 16.4. The molecule has 0 unspecified atom stereocenters. The molecule has 0 spiro atoms. The van der Waals surface area contributed by atoms with Gasteiger partial charge in [-0.3, -0.25) is 0 Å². The lowest BCUT2D eigenvalue weighted by atomic mass is 10.1. The Hall–Kier alpha value is -0.620. The van der Waals surface area contributed by atoms with E-state index in [0.29, 0.717) is 18.0 Å². The lowest BCUT2D eigenvalue weighted by Gasteiger charge is -2.30. The summed E-state index contributed by atoms with van der Waals surface area (Å²) in [7, 11) is -3.39. The fourth-order valence-electron chi connectivity index (χ4n) is 2.42. The topological polar surface area (TPSA) is 63.4 Å². The van der Waals surface area contributed by atoms with Gasteiger partial charge in [0.25, 0.3) is 0 Å². The first-order chi connectivity index (χ1) is 8.41. The summed E-state index contributed by atoms with van der Waals surface area (Å²) in [5.74, 6) is 0. The van der Waals surface area contributed by atoms with Crippen LogP contribution in [0.15, 0.2) is 23.1 Å². The summed E-state index contributed by atoms with van der Waals surface area (Å²) in [5.41, 5.74) is 7.73. The molecular formula is C13H21ClN2O2S. The van der Waals surface area contributed by atoms with Crippen molar-refractivity contribution < 1.29 is 8.42 Å². The minimum atomic E-state index is -3.39. The van der Waals surface area contributed by atoms with E-state index in [0.717, 1.165) is 24.0 Å². The van der Waals surface area contributed by atoms with Gasteiger partial charge in [0.15, 0.2) is 0 Å². The predicted octanol–water partition coefficient (Wildman–Crippen LogP) is 1.84. The van der Waals surface area contributed by atoms with E-state index in [2.05, 4.69) is 0 Å². The van der Waals surface area contributed by atoms with Gasteiger partial charge in [0.05, 0.1) is 4.90 Å². The van der Waals surface area contributed by atoms with Crippen LogP contribution < -0.4 is 5.73 Å². The Labute approximate surface area is 121 Å². The maximum absolute atomic E-state index is 12.5. The minimum Gasteiger partial charge on any atom is -0.327 e. The normalized spacial score (nSPS) is 20.9. The molecule has 0 radical (unpaired) electrons. The smallest absolute Gasteiger partial charge is 0.243 e. The Morgan fingerprint density at radius 2 is 2.00 bits per heavy atom. The largest absolute Gasteiger partial charge is 0.327 e. The summed E-state index contributed by atoms with van der Waals surface area (Å²) in [4.78, 5) is 0.405. The molecule has 19 heavy (non-hydrogen) atoms. The van der Waals surface area contributed by atoms with Gasteiger partial charge in [0.2, 0.25) is 10.0 Å². The second kappa shape index (κ2) is 6.22. The van der Waals surface area contributed by atoms with Crippen LogP contribution in [0.25, 0.3) is 0 Å². The van der Waals surface area contributed by atoms with E-state index in [1.54, 1.807) is 6.07 Å². The molecule has 1 aliphatic heterocycles. The maximum atomic E-state index is 12.5. The Balaban J connectivity index is 0.00000180. The number of halogens is 1. The van der Waals surface area contributed by atoms with Crippen molar-refractivity contribution in [3.05, 3.63) is 29.3 Å².